The zero-order valence-electron chi connectivity index (χ0n) is 14.8. The quantitative estimate of drug-likeness (QED) is 0.322. The van der Waals surface area contributed by atoms with Crippen LogP contribution in [0.1, 0.15) is 25.7 Å². The summed E-state index contributed by atoms with van der Waals surface area (Å²) >= 11 is 0. The van der Waals surface area contributed by atoms with E-state index in [0.29, 0.717) is 12.2 Å². The Morgan fingerprint density at radius 3 is 2.27 bits per heavy atom. The maximum atomic E-state index is 12.2. The van der Waals surface area contributed by atoms with Gasteiger partial charge >= 0.3 is 5.97 Å². The molecular formula is C21H25N3O2. The van der Waals surface area contributed by atoms with Gasteiger partial charge in [-0.25, -0.2) is 0 Å². The third kappa shape index (κ3) is 4.29. The lowest BCUT2D eigenvalue weighted by Crippen LogP contribution is -2.45. The molecule has 3 rings (SSSR count). The third-order valence-electron chi connectivity index (χ3n) is 5.13. The number of carbonyl (C=O) groups is 1. The highest BCUT2D eigenvalue weighted by Gasteiger charge is 2.35. The highest BCUT2D eigenvalue weighted by Crippen LogP contribution is 2.34. The minimum absolute atomic E-state index is 0.180. The van der Waals surface area contributed by atoms with E-state index in [1.54, 1.807) is 0 Å². The molecule has 1 aliphatic heterocycles. The molecule has 0 bridgehead atoms. The first-order valence-electron chi connectivity index (χ1n) is 9.00. The van der Waals surface area contributed by atoms with E-state index >= 15 is 0 Å². The van der Waals surface area contributed by atoms with Crippen molar-refractivity contribution in [1.82, 2.24) is 5.32 Å². The van der Waals surface area contributed by atoms with Gasteiger partial charge in [-0.05, 0) is 55.6 Å². The van der Waals surface area contributed by atoms with Crippen LogP contribution in [0.25, 0.3) is 11.1 Å². The molecule has 4 N–H and O–H groups in total. The molecule has 5 nitrogen and oxygen atoms in total. The monoisotopic (exact) mass is 351 g/mol. The number of hydrogen-bond donors (Lipinski definition) is 3. The Morgan fingerprint density at radius 1 is 1.04 bits per heavy atom. The average Bonchev–Trinajstić information content (AvgIpc) is 2.68. The van der Waals surface area contributed by atoms with E-state index in [2.05, 4.69) is 5.32 Å². The molecule has 2 aromatic rings. The van der Waals surface area contributed by atoms with Crippen LogP contribution in [0.2, 0.25) is 0 Å². The second-order valence-corrected chi connectivity index (χ2v) is 6.81. The number of ether oxygens (including phenoxy) is 1. The summed E-state index contributed by atoms with van der Waals surface area (Å²) < 4.78 is 5.46. The normalized spacial score (nSPS) is 16.0. The minimum atomic E-state index is -0.374. The summed E-state index contributed by atoms with van der Waals surface area (Å²) in [5.41, 5.74) is 7.65. The fraction of sp³-hybridized carbons (Fsp3) is 0.333. The largest absolute Gasteiger partial charge is 0.427 e. The molecule has 5 heteroatoms. The second kappa shape index (κ2) is 8.15. The van der Waals surface area contributed by atoms with Crippen LogP contribution in [-0.2, 0) is 4.79 Å². The summed E-state index contributed by atoms with van der Waals surface area (Å²) in [5.74, 6) is 0.437. The highest BCUT2D eigenvalue weighted by molar-refractivity contribution is 5.84. The maximum absolute atomic E-state index is 12.2. The first kappa shape index (κ1) is 18.1. The number of hydrogen-bond acceptors (Lipinski definition) is 4. The Hall–Kier alpha value is -2.66. The van der Waals surface area contributed by atoms with Crippen molar-refractivity contribution in [2.24, 2.45) is 11.1 Å². The van der Waals surface area contributed by atoms with Gasteiger partial charge in [0.05, 0.1) is 5.84 Å². The van der Waals surface area contributed by atoms with Gasteiger partial charge in [0.15, 0.2) is 0 Å². The number of nitrogens with one attached hydrogen (secondary N) is 2. The van der Waals surface area contributed by atoms with Gasteiger partial charge in [0.2, 0.25) is 0 Å². The Bertz CT molecular complexity index is 751. The smallest absolute Gasteiger partial charge is 0.311 e. The van der Waals surface area contributed by atoms with E-state index in [-0.39, 0.29) is 23.6 Å². The molecule has 136 valence electrons. The summed E-state index contributed by atoms with van der Waals surface area (Å²) in [4.78, 5) is 12.2. The number of benzene rings is 2. The molecule has 1 fully saturated rings. The van der Waals surface area contributed by atoms with Crippen LogP contribution < -0.4 is 15.8 Å². The Labute approximate surface area is 154 Å². The highest BCUT2D eigenvalue weighted by atomic mass is 16.5. The lowest BCUT2D eigenvalue weighted by Gasteiger charge is -2.36. The molecule has 2 aromatic carbocycles. The van der Waals surface area contributed by atoms with Crippen molar-refractivity contribution in [1.29, 1.82) is 5.41 Å². The van der Waals surface area contributed by atoms with E-state index in [0.717, 1.165) is 37.1 Å². The summed E-state index contributed by atoms with van der Waals surface area (Å²) in [6.07, 6.45) is 2.41. The molecule has 0 atom stereocenters. The number of nitrogens with two attached hydrogens (primary N) is 1. The molecule has 0 amide bonds. The third-order valence-corrected chi connectivity index (χ3v) is 5.13. The summed E-state index contributed by atoms with van der Waals surface area (Å²) in [6.45, 7) is 1.66. The van der Waals surface area contributed by atoms with Crippen molar-refractivity contribution in [2.45, 2.75) is 25.7 Å². The molecule has 0 aromatic heterocycles. The fourth-order valence-corrected chi connectivity index (χ4v) is 3.43. The Kier molecular flexibility index (Phi) is 5.68. The van der Waals surface area contributed by atoms with Gasteiger partial charge in [-0.2, -0.15) is 0 Å². The predicted molar refractivity (Wildman–Crippen MR) is 103 cm³/mol. The van der Waals surface area contributed by atoms with E-state index in [4.69, 9.17) is 15.9 Å². The lowest BCUT2D eigenvalue weighted by molar-refractivity contribution is -0.134. The summed E-state index contributed by atoms with van der Waals surface area (Å²) in [5, 5.41) is 11.2. The van der Waals surface area contributed by atoms with Crippen LogP contribution in [0.3, 0.4) is 0 Å². The summed E-state index contributed by atoms with van der Waals surface area (Å²) in [6, 6.07) is 17.6. The first-order valence-corrected chi connectivity index (χ1v) is 9.00. The van der Waals surface area contributed by atoms with Crippen molar-refractivity contribution in [3.63, 3.8) is 0 Å². The number of amidine groups is 1. The van der Waals surface area contributed by atoms with Gasteiger partial charge in [0, 0.05) is 11.8 Å². The number of esters is 1. The zero-order chi connectivity index (χ0) is 18.4. The number of piperidine rings is 1. The van der Waals surface area contributed by atoms with Gasteiger partial charge < -0.3 is 15.8 Å². The van der Waals surface area contributed by atoms with Crippen LogP contribution in [0.15, 0.2) is 54.6 Å². The van der Waals surface area contributed by atoms with Gasteiger partial charge in [-0.15, -0.1) is 0 Å². The van der Waals surface area contributed by atoms with Crippen LogP contribution >= 0.6 is 0 Å². The van der Waals surface area contributed by atoms with Crippen molar-refractivity contribution in [3.05, 3.63) is 54.6 Å². The molecule has 1 heterocycles. The van der Waals surface area contributed by atoms with Gasteiger partial charge in [-0.1, -0.05) is 42.5 Å². The van der Waals surface area contributed by atoms with Crippen molar-refractivity contribution in [2.75, 3.05) is 13.1 Å². The number of rotatable bonds is 6. The van der Waals surface area contributed by atoms with E-state index < -0.39 is 0 Å². The molecule has 0 aliphatic carbocycles. The SMILES string of the molecule is N=C(N)C1(CCC(=O)Oc2ccc(-c3ccccc3)cc2)CCNCC1. The van der Waals surface area contributed by atoms with Crippen LogP contribution in [-0.4, -0.2) is 24.9 Å². The van der Waals surface area contributed by atoms with Gasteiger partial charge in [0.1, 0.15) is 5.75 Å². The first-order chi connectivity index (χ1) is 12.6. The topological polar surface area (TPSA) is 88.2 Å². The van der Waals surface area contributed by atoms with E-state index in [1.807, 2.05) is 54.6 Å². The standard InChI is InChI=1S/C21H25N3O2/c22-20(23)21(12-14-24-15-13-21)11-10-19(25)26-18-8-6-17(7-9-18)16-4-2-1-3-5-16/h1-9,24H,10-15H2,(H3,22,23). The molecule has 1 aliphatic rings. The molecule has 0 radical (unpaired) electrons. The maximum Gasteiger partial charge on any atom is 0.311 e. The van der Waals surface area contributed by atoms with Crippen LogP contribution in [0.4, 0.5) is 0 Å². The average molecular weight is 351 g/mol. The van der Waals surface area contributed by atoms with Crippen LogP contribution in [0.5, 0.6) is 5.75 Å². The zero-order valence-corrected chi connectivity index (χ0v) is 14.8. The molecular weight excluding hydrogens is 326 g/mol. The molecule has 0 spiro atoms. The van der Waals surface area contributed by atoms with Crippen LogP contribution in [0, 0.1) is 10.8 Å². The molecule has 0 saturated carbocycles. The Balaban J connectivity index is 1.57. The van der Waals surface area contributed by atoms with E-state index in [9.17, 15) is 4.79 Å². The van der Waals surface area contributed by atoms with Crippen molar-refractivity contribution in [3.8, 4) is 16.9 Å². The predicted octanol–water partition coefficient (Wildman–Crippen LogP) is 3.34. The van der Waals surface area contributed by atoms with E-state index in [1.165, 1.54) is 0 Å². The van der Waals surface area contributed by atoms with Gasteiger partial charge in [-0.3, -0.25) is 10.2 Å². The Morgan fingerprint density at radius 2 is 1.65 bits per heavy atom. The summed E-state index contributed by atoms with van der Waals surface area (Å²) in [7, 11) is 0. The van der Waals surface area contributed by atoms with Crippen molar-refractivity contribution >= 4 is 11.8 Å². The second-order valence-electron chi connectivity index (χ2n) is 6.81. The molecule has 26 heavy (non-hydrogen) atoms. The van der Waals surface area contributed by atoms with Crippen molar-refractivity contribution < 1.29 is 9.53 Å². The number of carbonyl (C=O) groups excluding carboxylic acids is 1. The van der Waals surface area contributed by atoms with Gasteiger partial charge in [0.25, 0.3) is 0 Å². The molecule has 0 unspecified atom stereocenters. The molecule has 1 saturated heterocycles. The fourth-order valence-electron chi connectivity index (χ4n) is 3.43. The minimum Gasteiger partial charge on any atom is -0.427 e. The lowest BCUT2D eigenvalue weighted by atomic mass is 9.74.